The smallest absolute Gasteiger partial charge is 0.272 e. The summed E-state index contributed by atoms with van der Waals surface area (Å²) >= 11 is 0. The minimum absolute atomic E-state index is 0.157. The largest absolute Gasteiger partial charge is 0.492 e. The van der Waals surface area contributed by atoms with Gasteiger partial charge in [-0.1, -0.05) is 26.0 Å². The van der Waals surface area contributed by atoms with Gasteiger partial charge in [-0.25, -0.2) is 0 Å². The molecule has 1 aromatic carbocycles. The highest BCUT2D eigenvalue weighted by Crippen LogP contribution is 2.18. The molecule has 24 heavy (non-hydrogen) atoms. The van der Waals surface area contributed by atoms with Crippen LogP contribution >= 0.6 is 0 Å². The van der Waals surface area contributed by atoms with Gasteiger partial charge in [-0.05, 0) is 23.6 Å². The molecule has 1 amide bonds. The van der Waals surface area contributed by atoms with Crippen molar-refractivity contribution in [2.24, 2.45) is 0 Å². The Bertz CT molecular complexity index is 692. The van der Waals surface area contributed by atoms with E-state index >= 15 is 0 Å². The molecule has 3 rings (SSSR count). The van der Waals surface area contributed by atoms with Crippen LogP contribution in [-0.2, 0) is 13.0 Å². The number of aromatic amines is 1. The van der Waals surface area contributed by atoms with Crippen molar-refractivity contribution in [1.82, 2.24) is 20.8 Å². The summed E-state index contributed by atoms with van der Waals surface area (Å²) in [5.41, 5.74) is 3.80. The molecule has 0 atom stereocenters. The molecule has 128 valence electrons. The summed E-state index contributed by atoms with van der Waals surface area (Å²) in [6.45, 7) is 6.80. The zero-order valence-electron chi connectivity index (χ0n) is 14.2. The van der Waals surface area contributed by atoms with Crippen molar-refractivity contribution in [3.8, 4) is 5.75 Å². The molecular weight excluding hydrogens is 304 g/mol. The number of ether oxygens (including phenoxy) is 1. The molecule has 0 radical (unpaired) electrons. The van der Waals surface area contributed by atoms with E-state index in [1.54, 1.807) is 0 Å². The third-order valence-corrected chi connectivity index (χ3v) is 4.22. The van der Waals surface area contributed by atoms with E-state index in [2.05, 4.69) is 46.8 Å². The van der Waals surface area contributed by atoms with Crippen LogP contribution in [0.3, 0.4) is 0 Å². The van der Waals surface area contributed by atoms with Crippen LogP contribution in [0.5, 0.6) is 5.75 Å². The molecule has 0 bridgehead atoms. The first-order chi connectivity index (χ1) is 11.6. The second kappa shape index (κ2) is 7.49. The van der Waals surface area contributed by atoms with Crippen LogP contribution in [0.1, 0.15) is 47.1 Å². The summed E-state index contributed by atoms with van der Waals surface area (Å²) < 4.78 is 5.67. The molecule has 0 unspecified atom stereocenters. The number of hydrogen-bond acceptors (Lipinski definition) is 4. The van der Waals surface area contributed by atoms with Gasteiger partial charge < -0.3 is 15.4 Å². The van der Waals surface area contributed by atoms with E-state index in [9.17, 15) is 4.79 Å². The van der Waals surface area contributed by atoms with E-state index in [0.29, 0.717) is 31.3 Å². The predicted octanol–water partition coefficient (Wildman–Crippen LogP) is 1.99. The van der Waals surface area contributed by atoms with Gasteiger partial charge in [0, 0.05) is 30.8 Å². The molecular formula is C18H24N4O2. The van der Waals surface area contributed by atoms with Crippen molar-refractivity contribution < 1.29 is 9.53 Å². The van der Waals surface area contributed by atoms with Crippen molar-refractivity contribution in [2.75, 3.05) is 19.7 Å². The number of hydrogen-bond donors (Lipinski definition) is 3. The van der Waals surface area contributed by atoms with Crippen LogP contribution in [0.15, 0.2) is 24.3 Å². The van der Waals surface area contributed by atoms with Crippen molar-refractivity contribution in [3.05, 3.63) is 46.8 Å². The number of nitrogens with zero attached hydrogens (tertiary/aromatic N) is 1. The normalized spacial score (nSPS) is 13.6. The van der Waals surface area contributed by atoms with Gasteiger partial charge in [0.05, 0.1) is 6.54 Å². The maximum Gasteiger partial charge on any atom is 0.272 e. The fourth-order valence-electron chi connectivity index (χ4n) is 2.78. The van der Waals surface area contributed by atoms with Crippen LogP contribution in [0.25, 0.3) is 0 Å². The van der Waals surface area contributed by atoms with Crippen LogP contribution in [0.4, 0.5) is 0 Å². The van der Waals surface area contributed by atoms with Crippen molar-refractivity contribution in [1.29, 1.82) is 0 Å². The van der Waals surface area contributed by atoms with Crippen LogP contribution < -0.4 is 15.4 Å². The maximum atomic E-state index is 12.2. The van der Waals surface area contributed by atoms with Gasteiger partial charge in [0.1, 0.15) is 12.4 Å². The first-order valence-corrected chi connectivity index (χ1v) is 8.43. The number of nitrogens with one attached hydrogen (secondary N) is 3. The molecule has 0 saturated heterocycles. The Morgan fingerprint density at radius 2 is 2.12 bits per heavy atom. The predicted molar refractivity (Wildman–Crippen MR) is 92.4 cm³/mol. The highest BCUT2D eigenvalue weighted by Gasteiger charge is 2.21. The molecule has 1 aliphatic rings. The summed E-state index contributed by atoms with van der Waals surface area (Å²) in [7, 11) is 0. The quantitative estimate of drug-likeness (QED) is 0.709. The topological polar surface area (TPSA) is 79.0 Å². The van der Waals surface area contributed by atoms with Crippen molar-refractivity contribution in [3.63, 3.8) is 0 Å². The van der Waals surface area contributed by atoms with Gasteiger partial charge in [-0.2, -0.15) is 5.10 Å². The molecule has 1 aromatic heterocycles. The van der Waals surface area contributed by atoms with Crippen molar-refractivity contribution >= 4 is 5.91 Å². The number of amides is 1. The van der Waals surface area contributed by atoms with Crippen LogP contribution in [-0.4, -0.2) is 35.8 Å². The molecule has 6 heteroatoms. The van der Waals surface area contributed by atoms with Gasteiger partial charge in [0.25, 0.3) is 5.91 Å². The number of aromatic nitrogens is 2. The van der Waals surface area contributed by atoms with Crippen molar-refractivity contribution in [2.45, 2.75) is 32.7 Å². The van der Waals surface area contributed by atoms with Gasteiger partial charge in [-0.3, -0.25) is 9.89 Å². The lowest BCUT2D eigenvalue weighted by Crippen LogP contribution is -2.31. The average Bonchev–Trinajstić information content (AvgIpc) is 3.03. The van der Waals surface area contributed by atoms with E-state index in [4.69, 9.17) is 4.74 Å². The lowest BCUT2D eigenvalue weighted by Gasteiger charge is -2.13. The first kappa shape index (κ1) is 16.5. The van der Waals surface area contributed by atoms with Gasteiger partial charge >= 0.3 is 0 Å². The molecule has 2 aromatic rings. The zero-order valence-corrected chi connectivity index (χ0v) is 14.2. The Kier molecular flexibility index (Phi) is 5.15. The fourth-order valence-corrected chi connectivity index (χ4v) is 2.78. The lowest BCUT2D eigenvalue weighted by atomic mass is 10.0. The number of carbonyl (C=O) groups excluding carboxylic acids is 1. The summed E-state index contributed by atoms with van der Waals surface area (Å²) in [6.07, 6.45) is 0.880. The minimum Gasteiger partial charge on any atom is -0.492 e. The number of fused-ring (bicyclic) bond motifs is 1. The minimum atomic E-state index is -0.157. The highest BCUT2D eigenvalue weighted by molar-refractivity contribution is 5.94. The van der Waals surface area contributed by atoms with E-state index in [1.807, 2.05) is 12.1 Å². The van der Waals surface area contributed by atoms with Crippen LogP contribution in [0.2, 0.25) is 0 Å². The molecule has 6 nitrogen and oxygen atoms in total. The number of carbonyl (C=O) groups is 1. The Balaban J connectivity index is 1.46. The average molecular weight is 328 g/mol. The molecule has 0 fully saturated rings. The summed E-state index contributed by atoms with van der Waals surface area (Å²) in [5.74, 6) is 1.16. The fraction of sp³-hybridized carbons (Fsp3) is 0.444. The molecule has 3 N–H and O–H groups in total. The summed E-state index contributed by atoms with van der Waals surface area (Å²) in [6, 6.07) is 8.07. The SMILES string of the molecule is CC(C)c1ccc(OCCNC(=O)c2n[nH]c3c2CNCC3)cc1. The molecule has 0 spiro atoms. The lowest BCUT2D eigenvalue weighted by molar-refractivity contribution is 0.0941. The zero-order chi connectivity index (χ0) is 16.9. The van der Waals surface area contributed by atoms with E-state index < -0.39 is 0 Å². The molecule has 0 aliphatic carbocycles. The maximum absolute atomic E-state index is 12.2. The highest BCUT2D eigenvalue weighted by atomic mass is 16.5. The van der Waals surface area contributed by atoms with Crippen LogP contribution in [0, 0.1) is 0 Å². The molecule has 2 heterocycles. The summed E-state index contributed by atoms with van der Waals surface area (Å²) in [5, 5.41) is 13.2. The Hall–Kier alpha value is -2.34. The van der Waals surface area contributed by atoms with E-state index in [1.165, 1.54) is 5.56 Å². The van der Waals surface area contributed by atoms with E-state index in [0.717, 1.165) is 30.0 Å². The summed E-state index contributed by atoms with van der Waals surface area (Å²) in [4.78, 5) is 12.2. The number of rotatable bonds is 6. The second-order valence-electron chi connectivity index (χ2n) is 6.28. The Labute approximate surface area is 142 Å². The molecule has 1 aliphatic heterocycles. The molecule has 0 saturated carbocycles. The Morgan fingerprint density at radius 3 is 2.88 bits per heavy atom. The number of H-pyrrole nitrogens is 1. The van der Waals surface area contributed by atoms with Gasteiger partial charge in [0.2, 0.25) is 0 Å². The van der Waals surface area contributed by atoms with Gasteiger partial charge in [-0.15, -0.1) is 0 Å². The third-order valence-electron chi connectivity index (χ3n) is 4.22. The second-order valence-corrected chi connectivity index (χ2v) is 6.28. The van der Waals surface area contributed by atoms with Gasteiger partial charge in [0.15, 0.2) is 5.69 Å². The van der Waals surface area contributed by atoms with E-state index in [-0.39, 0.29) is 5.91 Å². The Morgan fingerprint density at radius 1 is 1.33 bits per heavy atom. The monoisotopic (exact) mass is 328 g/mol. The third kappa shape index (κ3) is 3.76. The number of benzene rings is 1. The first-order valence-electron chi connectivity index (χ1n) is 8.43. The standard InChI is InChI=1S/C18H24N4O2/c1-12(2)13-3-5-14(6-4-13)24-10-9-20-18(23)17-15-11-19-8-7-16(15)21-22-17/h3-6,12,19H,7-11H2,1-2H3,(H,20,23)(H,21,22).